The minimum Gasteiger partial charge on any atom is -0.389 e. The van der Waals surface area contributed by atoms with Crippen molar-refractivity contribution in [2.24, 2.45) is 0 Å². The molecule has 1 fully saturated rings. The summed E-state index contributed by atoms with van der Waals surface area (Å²) in [4.78, 5) is 4.81. The van der Waals surface area contributed by atoms with E-state index in [1.807, 2.05) is 20.9 Å². The average molecular weight is 291 g/mol. The summed E-state index contributed by atoms with van der Waals surface area (Å²) in [5.41, 5.74) is 3.42. The van der Waals surface area contributed by atoms with Crippen LogP contribution in [-0.2, 0) is 6.54 Å². The van der Waals surface area contributed by atoms with Gasteiger partial charge in [-0.3, -0.25) is 4.90 Å². The summed E-state index contributed by atoms with van der Waals surface area (Å²) in [5.74, 6) is 0. The second-order valence-corrected chi connectivity index (χ2v) is 6.73. The van der Waals surface area contributed by atoms with Crippen molar-refractivity contribution in [3.63, 3.8) is 0 Å². The molecule has 0 bridgehead atoms. The van der Waals surface area contributed by atoms with Crippen molar-refractivity contribution in [2.75, 3.05) is 44.7 Å². The summed E-state index contributed by atoms with van der Waals surface area (Å²) in [6.45, 7) is 11.7. The lowest BCUT2D eigenvalue weighted by molar-refractivity contribution is 0.0345. The summed E-state index contributed by atoms with van der Waals surface area (Å²) in [7, 11) is 1.98. The lowest BCUT2D eigenvalue weighted by atomic mass is 10.1. The number of nitrogens with zero attached hydrogens (tertiary/aromatic N) is 2. The Labute approximate surface area is 128 Å². The van der Waals surface area contributed by atoms with Crippen molar-refractivity contribution in [1.29, 1.82) is 0 Å². The van der Waals surface area contributed by atoms with Gasteiger partial charge < -0.3 is 15.3 Å². The molecule has 0 unspecified atom stereocenters. The molecule has 1 aromatic carbocycles. The molecule has 0 aliphatic carbocycles. The number of anilines is 1. The van der Waals surface area contributed by atoms with Crippen LogP contribution in [0.25, 0.3) is 0 Å². The molecule has 21 heavy (non-hydrogen) atoms. The Bertz CT molecular complexity index is 460. The molecule has 4 heteroatoms. The highest BCUT2D eigenvalue weighted by Crippen LogP contribution is 2.23. The third-order valence-electron chi connectivity index (χ3n) is 3.97. The molecule has 0 spiro atoms. The molecule has 0 saturated carbocycles. The summed E-state index contributed by atoms with van der Waals surface area (Å²) >= 11 is 0. The zero-order chi connectivity index (χ0) is 15.5. The Morgan fingerprint density at radius 3 is 2.38 bits per heavy atom. The fourth-order valence-corrected chi connectivity index (χ4v) is 3.08. The molecule has 0 radical (unpaired) electrons. The minimum atomic E-state index is -0.604. The Morgan fingerprint density at radius 2 is 1.86 bits per heavy atom. The van der Waals surface area contributed by atoms with Gasteiger partial charge in [0, 0.05) is 45.0 Å². The van der Waals surface area contributed by atoms with Gasteiger partial charge in [-0.1, -0.05) is 12.1 Å². The van der Waals surface area contributed by atoms with E-state index in [1.54, 1.807) is 0 Å². The maximum atomic E-state index is 9.92. The molecule has 1 heterocycles. The molecule has 118 valence electrons. The smallest absolute Gasteiger partial charge is 0.0718 e. The number of benzene rings is 1. The first-order valence-corrected chi connectivity index (χ1v) is 7.83. The number of nitrogens with one attached hydrogen (secondary N) is 1. The Kier molecular flexibility index (Phi) is 5.25. The number of piperazine rings is 1. The van der Waals surface area contributed by atoms with Gasteiger partial charge in [-0.15, -0.1) is 0 Å². The molecular formula is C17H29N3O. The van der Waals surface area contributed by atoms with E-state index in [2.05, 4.69) is 40.2 Å². The fraction of sp³-hybridized carbons (Fsp3) is 0.647. The zero-order valence-corrected chi connectivity index (χ0v) is 13.8. The van der Waals surface area contributed by atoms with Gasteiger partial charge in [0.1, 0.15) is 0 Å². The predicted octanol–water partition coefficient (Wildman–Crippen LogP) is 1.61. The van der Waals surface area contributed by atoms with Gasteiger partial charge in [0.15, 0.2) is 0 Å². The molecule has 2 rings (SSSR count). The predicted molar refractivity (Wildman–Crippen MR) is 88.9 cm³/mol. The standard InChI is InChI=1S/C17H29N3O/c1-14-11-15(12-18-4)5-6-16(14)20-9-7-19(8-10-20)13-17(2,3)21/h5-6,11,18,21H,7-10,12-13H2,1-4H3. The van der Waals surface area contributed by atoms with Crippen molar-refractivity contribution in [1.82, 2.24) is 10.2 Å². The van der Waals surface area contributed by atoms with Crippen molar-refractivity contribution in [3.8, 4) is 0 Å². The highest BCUT2D eigenvalue weighted by atomic mass is 16.3. The Morgan fingerprint density at radius 1 is 1.19 bits per heavy atom. The average Bonchev–Trinajstić information content (AvgIpc) is 2.39. The van der Waals surface area contributed by atoms with E-state index >= 15 is 0 Å². The second kappa shape index (κ2) is 6.77. The van der Waals surface area contributed by atoms with Crippen LogP contribution in [0.1, 0.15) is 25.0 Å². The van der Waals surface area contributed by atoms with Crippen LogP contribution < -0.4 is 10.2 Å². The van der Waals surface area contributed by atoms with E-state index < -0.39 is 5.60 Å². The molecule has 4 nitrogen and oxygen atoms in total. The van der Waals surface area contributed by atoms with Gasteiger partial charge >= 0.3 is 0 Å². The minimum absolute atomic E-state index is 0.604. The molecule has 1 saturated heterocycles. The Hall–Kier alpha value is -1.10. The summed E-state index contributed by atoms with van der Waals surface area (Å²) in [6, 6.07) is 6.73. The maximum absolute atomic E-state index is 9.92. The number of rotatable bonds is 5. The maximum Gasteiger partial charge on any atom is 0.0718 e. The van der Waals surface area contributed by atoms with Crippen LogP contribution in [0, 0.1) is 6.92 Å². The molecule has 0 amide bonds. The molecule has 2 N–H and O–H groups in total. The zero-order valence-electron chi connectivity index (χ0n) is 13.8. The lowest BCUT2D eigenvalue weighted by Gasteiger charge is -2.39. The van der Waals surface area contributed by atoms with Crippen LogP contribution in [-0.4, -0.2) is 55.4 Å². The molecular weight excluding hydrogens is 262 g/mol. The van der Waals surface area contributed by atoms with Gasteiger partial charge in [0.05, 0.1) is 5.60 Å². The van der Waals surface area contributed by atoms with Crippen molar-refractivity contribution in [2.45, 2.75) is 32.9 Å². The van der Waals surface area contributed by atoms with Crippen LogP contribution >= 0.6 is 0 Å². The first kappa shape index (κ1) is 16.3. The second-order valence-electron chi connectivity index (χ2n) is 6.73. The van der Waals surface area contributed by atoms with Crippen LogP contribution in [0.15, 0.2) is 18.2 Å². The van der Waals surface area contributed by atoms with Crippen LogP contribution in [0.2, 0.25) is 0 Å². The third kappa shape index (κ3) is 4.70. The highest BCUT2D eigenvalue weighted by Gasteiger charge is 2.23. The highest BCUT2D eigenvalue weighted by molar-refractivity contribution is 5.54. The van der Waals surface area contributed by atoms with Crippen LogP contribution in [0.3, 0.4) is 0 Å². The normalized spacial score (nSPS) is 17.3. The van der Waals surface area contributed by atoms with Crippen molar-refractivity contribution in [3.05, 3.63) is 29.3 Å². The van der Waals surface area contributed by atoms with Gasteiger partial charge in [-0.25, -0.2) is 0 Å². The van der Waals surface area contributed by atoms with Gasteiger partial charge in [-0.2, -0.15) is 0 Å². The van der Waals surface area contributed by atoms with Gasteiger partial charge in [0.25, 0.3) is 0 Å². The third-order valence-corrected chi connectivity index (χ3v) is 3.97. The molecule has 0 atom stereocenters. The Balaban J connectivity index is 1.96. The fourth-order valence-electron chi connectivity index (χ4n) is 3.08. The van der Waals surface area contributed by atoms with Crippen molar-refractivity contribution >= 4 is 5.69 Å². The number of hydrogen-bond acceptors (Lipinski definition) is 4. The van der Waals surface area contributed by atoms with Gasteiger partial charge in [0.2, 0.25) is 0 Å². The molecule has 1 aromatic rings. The monoisotopic (exact) mass is 291 g/mol. The van der Waals surface area contributed by atoms with Crippen LogP contribution in [0.5, 0.6) is 0 Å². The SMILES string of the molecule is CNCc1ccc(N2CCN(CC(C)(C)O)CC2)c(C)c1. The summed E-state index contributed by atoms with van der Waals surface area (Å²) < 4.78 is 0. The number of hydrogen-bond donors (Lipinski definition) is 2. The van der Waals surface area contributed by atoms with Crippen molar-refractivity contribution < 1.29 is 5.11 Å². The first-order chi connectivity index (χ1) is 9.89. The van der Waals surface area contributed by atoms with Gasteiger partial charge in [-0.05, 0) is 45.0 Å². The lowest BCUT2D eigenvalue weighted by Crippen LogP contribution is -2.50. The summed E-state index contributed by atoms with van der Waals surface area (Å²) in [6.07, 6.45) is 0. The van der Waals surface area contributed by atoms with E-state index in [1.165, 1.54) is 16.8 Å². The van der Waals surface area contributed by atoms with Crippen LogP contribution in [0.4, 0.5) is 5.69 Å². The largest absolute Gasteiger partial charge is 0.389 e. The summed E-state index contributed by atoms with van der Waals surface area (Å²) in [5, 5.41) is 13.1. The van der Waals surface area contributed by atoms with E-state index in [0.717, 1.165) is 39.3 Å². The van der Waals surface area contributed by atoms with E-state index in [4.69, 9.17) is 0 Å². The molecule has 1 aliphatic rings. The number of aliphatic hydroxyl groups is 1. The number of β-amino-alcohol motifs (C(OH)–C–C–N with tert-alkyl or cyclic N) is 1. The molecule has 0 aromatic heterocycles. The molecule has 1 aliphatic heterocycles. The van der Waals surface area contributed by atoms with E-state index in [0.29, 0.717) is 0 Å². The topological polar surface area (TPSA) is 38.7 Å². The number of aryl methyl sites for hydroxylation is 1. The quantitative estimate of drug-likeness (QED) is 0.864. The van der Waals surface area contributed by atoms with E-state index in [-0.39, 0.29) is 0 Å². The van der Waals surface area contributed by atoms with E-state index in [9.17, 15) is 5.11 Å². The first-order valence-electron chi connectivity index (χ1n) is 7.83.